The summed E-state index contributed by atoms with van der Waals surface area (Å²) in [6.45, 7) is 7.62. The third kappa shape index (κ3) is 5.02. The number of nitrogens with zero attached hydrogens (tertiary/aromatic N) is 2. The Bertz CT molecular complexity index is 1520. The number of aryl methyl sites for hydroxylation is 3. The highest BCUT2D eigenvalue weighted by Crippen LogP contribution is 2.41. The Hall–Kier alpha value is -3.17. The number of ether oxygens (including phenoxy) is 1. The van der Waals surface area contributed by atoms with Crippen LogP contribution in [-0.2, 0) is 14.8 Å². The first kappa shape index (κ1) is 25.5. The zero-order valence-corrected chi connectivity index (χ0v) is 22.3. The molecule has 1 aromatic heterocycles. The number of hydrogen-bond acceptors (Lipinski definition) is 6. The number of amides is 1. The molecule has 0 atom stereocenters. The van der Waals surface area contributed by atoms with Crippen molar-refractivity contribution < 1.29 is 22.4 Å². The Kier molecular flexibility index (Phi) is 6.62. The fraction of sp³-hybridized carbons (Fsp3) is 0.429. The fourth-order valence-corrected chi connectivity index (χ4v) is 7.26. The number of likely N-dealkylation sites (tertiary alicyclic amines) is 1. The topological polar surface area (TPSA) is 97.1 Å². The number of benzene rings is 2. The molecule has 3 heterocycles. The highest BCUT2D eigenvalue weighted by atomic mass is 32.2. The quantitative estimate of drug-likeness (QED) is 0.471. The van der Waals surface area contributed by atoms with E-state index in [-0.39, 0.29) is 17.9 Å². The Labute approximate surface area is 216 Å². The predicted octanol–water partition coefficient (Wildman–Crippen LogP) is 3.80. The molecule has 37 heavy (non-hydrogen) atoms. The minimum Gasteiger partial charge on any atom is -0.484 e. The molecule has 2 aliphatic rings. The van der Waals surface area contributed by atoms with Gasteiger partial charge in [0.15, 0.2) is 6.61 Å². The minimum atomic E-state index is -3.55. The number of sulfonamides is 1. The van der Waals surface area contributed by atoms with Crippen molar-refractivity contribution in [1.82, 2.24) is 9.21 Å². The van der Waals surface area contributed by atoms with Crippen molar-refractivity contribution in [1.29, 1.82) is 0 Å². The van der Waals surface area contributed by atoms with Crippen molar-refractivity contribution >= 4 is 26.9 Å². The van der Waals surface area contributed by atoms with E-state index in [0.29, 0.717) is 42.4 Å². The lowest BCUT2D eigenvalue weighted by Crippen LogP contribution is -2.45. The van der Waals surface area contributed by atoms with Gasteiger partial charge in [-0.1, -0.05) is 12.1 Å². The highest BCUT2D eigenvalue weighted by molar-refractivity contribution is 7.89. The number of hydrogen-bond donors (Lipinski definition) is 0. The molecule has 0 radical (unpaired) electrons. The summed E-state index contributed by atoms with van der Waals surface area (Å²) >= 11 is 0. The van der Waals surface area contributed by atoms with E-state index in [1.165, 1.54) is 6.07 Å². The van der Waals surface area contributed by atoms with E-state index < -0.39 is 15.6 Å². The number of carbonyl (C=O) groups excluding carboxylic acids is 1. The van der Waals surface area contributed by atoms with Crippen LogP contribution in [0.4, 0.5) is 0 Å². The molecule has 3 aromatic rings. The van der Waals surface area contributed by atoms with E-state index in [9.17, 15) is 18.0 Å². The van der Waals surface area contributed by atoms with Crippen LogP contribution in [0.3, 0.4) is 0 Å². The Morgan fingerprint density at radius 3 is 2.46 bits per heavy atom. The van der Waals surface area contributed by atoms with Gasteiger partial charge >= 0.3 is 5.63 Å². The molecule has 0 saturated carbocycles. The molecule has 1 amide bonds. The first-order chi connectivity index (χ1) is 17.6. The summed E-state index contributed by atoms with van der Waals surface area (Å²) in [5.74, 6) is 0.363. The maximum Gasteiger partial charge on any atom is 0.336 e. The van der Waals surface area contributed by atoms with Crippen LogP contribution in [0.1, 0.15) is 36.0 Å². The molecule has 2 aliphatic heterocycles. The molecule has 0 bridgehead atoms. The smallest absolute Gasteiger partial charge is 0.336 e. The van der Waals surface area contributed by atoms with E-state index in [2.05, 4.69) is 0 Å². The van der Waals surface area contributed by atoms with Crippen molar-refractivity contribution in [2.75, 3.05) is 32.8 Å². The van der Waals surface area contributed by atoms with Crippen LogP contribution < -0.4 is 10.4 Å². The molecule has 196 valence electrons. The maximum atomic E-state index is 13.3. The van der Waals surface area contributed by atoms with Crippen LogP contribution in [0.5, 0.6) is 5.75 Å². The van der Waals surface area contributed by atoms with Crippen LogP contribution in [0, 0.1) is 26.2 Å². The summed E-state index contributed by atoms with van der Waals surface area (Å²) in [5.41, 5.74) is 2.45. The van der Waals surface area contributed by atoms with Crippen molar-refractivity contribution in [2.45, 2.75) is 44.9 Å². The predicted molar refractivity (Wildman–Crippen MR) is 140 cm³/mol. The van der Waals surface area contributed by atoms with E-state index in [4.69, 9.17) is 9.15 Å². The minimum absolute atomic E-state index is 0.0623. The molecule has 5 rings (SSSR count). The largest absolute Gasteiger partial charge is 0.484 e. The summed E-state index contributed by atoms with van der Waals surface area (Å²) < 4.78 is 39.2. The van der Waals surface area contributed by atoms with Gasteiger partial charge in [-0.05, 0) is 80.3 Å². The molecule has 2 aromatic carbocycles. The van der Waals surface area contributed by atoms with Crippen LogP contribution in [0.2, 0.25) is 0 Å². The van der Waals surface area contributed by atoms with Crippen molar-refractivity contribution in [3.8, 4) is 5.75 Å². The van der Waals surface area contributed by atoms with Crippen molar-refractivity contribution in [3.05, 3.63) is 69.6 Å². The van der Waals surface area contributed by atoms with Gasteiger partial charge in [0.05, 0.1) is 4.90 Å². The monoisotopic (exact) mass is 524 g/mol. The highest BCUT2D eigenvalue weighted by Gasteiger charge is 2.44. The summed E-state index contributed by atoms with van der Waals surface area (Å²) in [7, 11) is -3.55. The van der Waals surface area contributed by atoms with Gasteiger partial charge < -0.3 is 14.1 Å². The number of piperidine rings is 1. The van der Waals surface area contributed by atoms with Gasteiger partial charge in [0.2, 0.25) is 10.0 Å². The first-order valence-corrected chi connectivity index (χ1v) is 14.0. The van der Waals surface area contributed by atoms with E-state index >= 15 is 0 Å². The maximum absolute atomic E-state index is 13.3. The molecule has 1 spiro atoms. The van der Waals surface area contributed by atoms with Gasteiger partial charge in [0.25, 0.3) is 5.91 Å². The molecule has 2 saturated heterocycles. The van der Waals surface area contributed by atoms with Gasteiger partial charge in [-0.15, -0.1) is 0 Å². The van der Waals surface area contributed by atoms with E-state index in [0.717, 1.165) is 41.3 Å². The summed E-state index contributed by atoms with van der Waals surface area (Å²) in [6.07, 6.45) is 2.31. The second-order valence-electron chi connectivity index (χ2n) is 10.4. The van der Waals surface area contributed by atoms with Gasteiger partial charge in [0, 0.05) is 43.7 Å². The lowest BCUT2D eigenvalue weighted by Gasteiger charge is -2.38. The summed E-state index contributed by atoms with van der Waals surface area (Å²) in [6, 6.07) is 12.2. The van der Waals surface area contributed by atoms with Gasteiger partial charge in [0.1, 0.15) is 11.3 Å². The first-order valence-electron chi connectivity index (χ1n) is 12.6. The third-order valence-corrected chi connectivity index (χ3v) is 9.86. The fourth-order valence-electron chi connectivity index (χ4n) is 5.51. The molecule has 0 N–H and O–H groups in total. The van der Waals surface area contributed by atoms with Gasteiger partial charge in [-0.3, -0.25) is 4.79 Å². The average Bonchev–Trinajstić information content (AvgIpc) is 3.27. The number of fused-ring (bicyclic) bond motifs is 1. The van der Waals surface area contributed by atoms with Crippen molar-refractivity contribution in [3.63, 3.8) is 0 Å². The lowest BCUT2D eigenvalue weighted by molar-refractivity contribution is -0.132. The molecule has 0 aliphatic carbocycles. The average molecular weight is 525 g/mol. The number of carbonyl (C=O) groups is 1. The van der Waals surface area contributed by atoms with Crippen LogP contribution in [0.25, 0.3) is 11.0 Å². The second kappa shape index (κ2) is 9.61. The SMILES string of the molecule is Cc1ccc(C)c(S(=O)(=O)N2CCC3(CCN(C(=O)COc4ccc5c(C)cc(=O)oc5c4)C3)CC2)c1. The van der Waals surface area contributed by atoms with E-state index in [1.54, 1.807) is 22.5 Å². The van der Waals surface area contributed by atoms with Crippen LogP contribution in [0.15, 0.2) is 56.6 Å². The normalized spacial score (nSPS) is 18.0. The van der Waals surface area contributed by atoms with Gasteiger partial charge in [-0.2, -0.15) is 4.31 Å². The summed E-state index contributed by atoms with van der Waals surface area (Å²) in [4.78, 5) is 26.8. The Morgan fingerprint density at radius 2 is 1.70 bits per heavy atom. The third-order valence-electron chi connectivity index (χ3n) is 7.82. The molecular weight excluding hydrogens is 492 g/mol. The molecule has 0 unspecified atom stereocenters. The van der Waals surface area contributed by atoms with E-state index in [1.807, 2.05) is 43.9 Å². The number of rotatable bonds is 5. The van der Waals surface area contributed by atoms with Crippen LogP contribution in [-0.4, -0.2) is 56.3 Å². The zero-order valence-electron chi connectivity index (χ0n) is 21.5. The Morgan fingerprint density at radius 1 is 0.973 bits per heavy atom. The summed E-state index contributed by atoms with van der Waals surface area (Å²) in [5, 5.41) is 0.825. The second-order valence-corrected chi connectivity index (χ2v) is 12.3. The van der Waals surface area contributed by atoms with Crippen LogP contribution >= 0.6 is 0 Å². The molecule has 8 nitrogen and oxygen atoms in total. The standard InChI is InChI=1S/C28H32N2O6S/c1-19-4-5-20(2)25(14-19)37(33,34)30-12-9-28(10-13-30)8-11-29(18-28)26(31)17-35-22-6-7-23-21(3)15-27(32)36-24(23)16-22/h4-7,14-16H,8-13,17-18H2,1-3H3. The molecular formula is C28H32N2O6S. The van der Waals surface area contributed by atoms with Crippen molar-refractivity contribution in [2.24, 2.45) is 5.41 Å². The molecule has 2 fully saturated rings. The lowest BCUT2D eigenvalue weighted by atomic mass is 9.78. The zero-order chi connectivity index (χ0) is 26.4. The van der Waals surface area contributed by atoms with Gasteiger partial charge in [-0.25, -0.2) is 13.2 Å². The Balaban J connectivity index is 1.19. The molecule has 9 heteroatoms.